The number of nitrogen functional groups attached to an aromatic ring is 1. The highest BCUT2D eigenvalue weighted by atomic mass is 32.2. The Bertz CT molecular complexity index is 525. The zero-order valence-electron chi connectivity index (χ0n) is 11.7. The van der Waals surface area contributed by atoms with Crippen LogP contribution in [0.4, 0.5) is 5.95 Å². The lowest BCUT2D eigenvalue weighted by molar-refractivity contribution is 0.324. The van der Waals surface area contributed by atoms with Crippen molar-refractivity contribution in [3.63, 3.8) is 0 Å². The molecule has 108 valence electrons. The first-order valence-corrected chi connectivity index (χ1v) is 7.56. The fourth-order valence-electron chi connectivity index (χ4n) is 1.72. The van der Waals surface area contributed by atoms with Crippen molar-refractivity contribution in [3.05, 3.63) is 18.7 Å². The summed E-state index contributed by atoms with van der Waals surface area (Å²) >= 11 is 1.59. The van der Waals surface area contributed by atoms with Crippen molar-refractivity contribution < 1.29 is 0 Å². The minimum atomic E-state index is 0.231. The van der Waals surface area contributed by atoms with Crippen LogP contribution in [0.1, 0.15) is 13.8 Å². The minimum Gasteiger partial charge on any atom is -0.368 e. The van der Waals surface area contributed by atoms with Crippen LogP contribution < -0.4 is 5.73 Å². The number of thioether (sulfide) groups is 1. The van der Waals surface area contributed by atoms with Crippen LogP contribution in [0.15, 0.2) is 23.9 Å². The Hall–Kier alpha value is -1.67. The average Bonchev–Trinajstić information content (AvgIpc) is 2.97. The molecule has 0 saturated heterocycles. The molecule has 0 atom stereocenters. The Morgan fingerprint density at radius 1 is 1.25 bits per heavy atom. The molecule has 7 nitrogen and oxygen atoms in total. The molecule has 2 rings (SSSR count). The predicted octanol–water partition coefficient (Wildman–Crippen LogP) is 1.07. The molecule has 2 N–H and O–H groups in total. The maximum atomic E-state index is 5.73. The summed E-state index contributed by atoms with van der Waals surface area (Å²) in [4.78, 5) is 19.0. The van der Waals surface area contributed by atoms with Gasteiger partial charge in [-0.05, 0) is 13.1 Å². The second-order valence-electron chi connectivity index (χ2n) is 4.12. The largest absolute Gasteiger partial charge is 0.368 e. The third-order valence-electron chi connectivity index (χ3n) is 2.89. The first kappa shape index (κ1) is 14.7. The maximum Gasteiger partial charge on any atom is 0.240 e. The van der Waals surface area contributed by atoms with Gasteiger partial charge in [0.1, 0.15) is 6.33 Å². The lowest BCUT2D eigenvalue weighted by atomic mass is 10.5. The van der Waals surface area contributed by atoms with Gasteiger partial charge in [-0.1, -0.05) is 25.6 Å². The fraction of sp³-hybridized carbons (Fsp3) is 0.500. The third kappa shape index (κ3) is 3.91. The van der Waals surface area contributed by atoms with Crippen LogP contribution in [0.2, 0.25) is 0 Å². The SMILES string of the molecule is CCN(CC)CCSc1nc(N)nc(-n2ccnc2)n1. The highest BCUT2D eigenvalue weighted by Gasteiger charge is 2.07. The molecular formula is C12H19N7S. The van der Waals surface area contributed by atoms with Crippen LogP contribution in [0.5, 0.6) is 0 Å². The summed E-state index contributed by atoms with van der Waals surface area (Å²) in [5.41, 5.74) is 5.73. The van der Waals surface area contributed by atoms with Gasteiger partial charge in [-0.2, -0.15) is 15.0 Å². The molecular weight excluding hydrogens is 274 g/mol. The Labute approximate surface area is 122 Å². The Kier molecular flexibility index (Phi) is 5.31. The van der Waals surface area contributed by atoms with Crippen LogP contribution in [0.25, 0.3) is 5.95 Å². The number of nitrogens with two attached hydrogens (primary N) is 1. The van der Waals surface area contributed by atoms with E-state index in [1.165, 1.54) is 0 Å². The van der Waals surface area contributed by atoms with Gasteiger partial charge in [0.05, 0.1) is 0 Å². The van der Waals surface area contributed by atoms with E-state index in [1.807, 2.05) is 0 Å². The quantitative estimate of drug-likeness (QED) is 0.764. The number of rotatable bonds is 7. The molecule has 0 bridgehead atoms. The van der Waals surface area contributed by atoms with Crippen molar-refractivity contribution in [1.29, 1.82) is 0 Å². The molecule has 2 aromatic heterocycles. The van der Waals surface area contributed by atoms with E-state index in [0.29, 0.717) is 11.1 Å². The van der Waals surface area contributed by atoms with Crippen molar-refractivity contribution >= 4 is 17.7 Å². The van der Waals surface area contributed by atoms with Gasteiger partial charge in [-0.25, -0.2) is 4.98 Å². The Morgan fingerprint density at radius 3 is 2.70 bits per heavy atom. The predicted molar refractivity (Wildman–Crippen MR) is 79.9 cm³/mol. The van der Waals surface area contributed by atoms with E-state index in [2.05, 4.69) is 38.7 Å². The smallest absolute Gasteiger partial charge is 0.240 e. The molecule has 20 heavy (non-hydrogen) atoms. The molecule has 0 spiro atoms. The van der Waals surface area contributed by atoms with E-state index in [1.54, 1.807) is 35.0 Å². The fourth-order valence-corrected chi connectivity index (χ4v) is 2.56. The molecule has 2 aromatic rings. The van der Waals surface area contributed by atoms with Gasteiger partial charge in [0.15, 0.2) is 5.16 Å². The number of imidazole rings is 1. The molecule has 0 saturated carbocycles. The summed E-state index contributed by atoms with van der Waals surface area (Å²) in [5.74, 6) is 1.66. The normalized spacial score (nSPS) is 11.2. The van der Waals surface area contributed by atoms with E-state index in [0.717, 1.165) is 25.4 Å². The van der Waals surface area contributed by atoms with Crippen LogP contribution in [0.3, 0.4) is 0 Å². The summed E-state index contributed by atoms with van der Waals surface area (Å²) in [6.45, 7) is 7.43. The van der Waals surface area contributed by atoms with Gasteiger partial charge in [-0.15, -0.1) is 0 Å². The summed E-state index contributed by atoms with van der Waals surface area (Å²) in [7, 11) is 0. The minimum absolute atomic E-state index is 0.231. The van der Waals surface area contributed by atoms with Gasteiger partial charge < -0.3 is 10.6 Å². The summed E-state index contributed by atoms with van der Waals surface area (Å²) < 4.78 is 1.71. The monoisotopic (exact) mass is 293 g/mol. The van der Waals surface area contributed by atoms with E-state index in [9.17, 15) is 0 Å². The first-order valence-electron chi connectivity index (χ1n) is 6.58. The topological polar surface area (TPSA) is 85.8 Å². The summed E-state index contributed by atoms with van der Waals surface area (Å²) in [6, 6.07) is 0. The van der Waals surface area contributed by atoms with Crippen LogP contribution >= 0.6 is 11.8 Å². The summed E-state index contributed by atoms with van der Waals surface area (Å²) in [6.07, 6.45) is 5.09. The highest BCUT2D eigenvalue weighted by Crippen LogP contribution is 2.15. The average molecular weight is 293 g/mol. The van der Waals surface area contributed by atoms with Crippen LogP contribution in [0, 0.1) is 0 Å². The number of hydrogen-bond acceptors (Lipinski definition) is 7. The first-order chi connectivity index (χ1) is 9.72. The van der Waals surface area contributed by atoms with Gasteiger partial charge in [0.2, 0.25) is 11.9 Å². The van der Waals surface area contributed by atoms with Gasteiger partial charge in [0, 0.05) is 24.7 Å². The molecule has 0 aromatic carbocycles. The molecule has 0 radical (unpaired) electrons. The molecule has 0 unspecified atom stereocenters. The van der Waals surface area contributed by atoms with Crippen LogP contribution in [-0.2, 0) is 0 Å². The van der Waals surface area contributed by atoms with Crippen molar-refractivity contribution in [3.8, 4) is 5.95 Å². The molecule has 0 aliphatic rings. The third-order valence-corrected chi connectivity index (χ3v) is 3.72. The van der Waals surface area contributed by atoms with Gasteiger partial charge >= 0.3 is 0 Å². The lowest BCUT2D eigenvalue weighted by Crippen LogP contribution is -2.25. The number of hydrogen-bond donors (Lipinski definition) is 1. The lowest BCUT2D eigenvalue weighted by Gasteiger charge is -2.16. The number of anilines is 1. The van der Waals surface area contributed by atoms with Crippen molar-refractivity contribution in [2.45, 2.75) is 19.0 Å². The molecule has 0 aliphatic heterocycles. The number of nitrogens with zero attached hydrogens (tertiary/aromatic N) is 6. The Morgan fingerprint density at radius 2 is 2.05 bits per heavy atom. The zero-order chi connectivity index (χ0) is 14.4. The highest BCUT2D eigenvalue weighted by molar-refractivity contribution is 7.99. The molecule has 0 aliphatic carbocycles. The molecule has 0 amide bonds. The Balaban J connectivity index is 2.02. The second kappa shape index (κ2) is 7.20. The molecule has 2 heterocycles. The van der Waals surface area contributed by atoms with Gasteiger partial charge in [-0.3, -0.25) is 4.57 Å². The van der Waals surface area contributed by atoms with E-state index < -0.39 is 0 Å². The standard InChI is InChI=1S/C12H19N7S/c1-3-18(4-2)7-8-20-12-16-10(13)15-11(17-12)19-6-5-14-9-19/h5-6,9H,3-4,7-8H2,1-2H3,(H2,13,15,16,17). The number of aromatic nitrogens is 5. The van der Waals surface area contributed by atoms with Crippen molar-refractivity contribution in [2.75, 3.05) is 31.1 Å². The van der Waals surface area contributed by atoms with E-state index in [4.69, 9.17) is 5.73 Å². The summed E-state index contributed by atoms with van der Waals surface area (Å²) in [5, 5.41) is 0.647. The molecule has 0 fully saturated rings. The molecule has 8 heteroatoms. The van der Waals surface area contributed by atoms with E-state index >= 15 is 0 Å². The zero-order valence-corrected chi connectivity index (χ0v) is 12.5. The van der Waals surface area contributed by atoms with Crippen molar-refractivity contribution in [2.24, 2.45) is 0 Å². The second-order valence-corrected chi connectivity index (χ2v) is 5.18. The van der Waals surface area contributed by atoms with E-state index in [-0.39, 0.29) is 5.95 Å². The van der Waals surface area contributed by atoms with Crippen molar-refractivity contribution in [1.82, 2.24) is 29.4 Å². The van der Waals surface area contributed by atoms with Gasteiger partial charge in [0.25, 0.3) is 0 Å². The maximum absolute atomic E-state index is 5.73. The van der Waals surface area contributed by atoms with Crippen LogP contribution in [-0.4, -0.2) is 54.8 Å².